The molecule has 180 valence electrons. The molecule has 12 nitrogen and oxygen atoms in total. The van der Waals surface area contributed by atoms with E-state index in [1.54, 1.807) is 12.1 Å². The van der Waals surface area contributed by atoms with Gasteiger partial charge in [0.25, 0.3) is 11.5 Å². The summed E-state index contributed by atoms with van der Waals surface area (Å²) in [6.07, 6.45) is 3.38. The number of hydrogen-bond donors (Lipinski definition) is 2. The van der Waals surface area contributed by atoms with E-state index in [0.29, 0.717) is 36.5 Å². The number of aromatic nitrogens is 4. The smallest absolute Gasteiger partial charge is 0.262 e. The highest BCUT2D eigenvalue weighted by atomic mass is 16.5. The van der Waals surface area contributed by atoms with Crippen LogP contribution in [-0.4, -0.2) is 76.9 Å². The van der Waals surface area contributed by atoms with Gasteiger partial charge in [0.05, 0.1) is 37.4 Å². The van der Waals surface area contributed by atoms with Crippen molar-refractivity contribution >= 4 is 28.7 Å². The van der Waals surface area contributed by atoms with Crippen LogP contribution in [0.1, 0.15) is 16.8 Å². The third kappa shape index (κ3) is 4.92. The number of nitrogens with one attached hydrogen (secondary N) is 1. The second kappa shape index (κ2) is 10.0. The molecule has 0 saturated carbocycles. The van der Waals surface area contributed by atoms with E-state index in [0.717, 1.165) is 13.1 Å². The Balaban J connectivity index is 1.59. The first-order chi connectivity index (χ1) is 16.4. The molecule has 34 heavy (non-hydrogen) atoms. The van der Waals surface area contributed by atoms with Crippen molar-refractivity contribution < 1.29 is 19.0 Å². The summed E-state index contributed by atoms with van der Waals surface area (Å²) < 4.78 is 18.5. The van der Waals surface area contributed by atoms with Gasteiger partial charge in [0, 0.05) is 39.0 Å². The fourth-order valence-corrected chi connectivity index (χ4v) is 3.69. The van der Waals surface area contributed by atoms with Gasteiger partial charge in [0.15, 0.2) is 11.5 Å². The van der Waals surface area contributed by atoms with Crippen molar-refractivity contribution in [2.75, 3.05) is 51.5 Å². The zero-order valence-corrected chi connectivity index (χ0v) is 19.3. The van der Waals surface area contributed by atoms with Gasteiger partial charge in [-0.05, 0) is 19.2 Å². The number of morpholine rings is 1. The third-order valence-corrected chi connectivity index (χ3v) is 5.57. The minimum Gasteiger partial charge on any atom is -0.491 e. The van der Waals surface area contributed by atoms with Gasteiger partial charge in [0.1, 0.15) is 5.52 Å². The molecule has 1 fully saturated rings. The summed E-state index contributed by atoms with van der Waals surface area (Å²) in [4.78, 5) is 39.9. The highest BCUT2D eigenvalue weighted by Gasteiger charge is 2.20. The predicted octanol–water partition coefficient (Wildman–Crippen LogP) is 0.666. The summed E-state index contributed by atoms with van der Waals surface area (Å²) in [6, 6.07) is 3.31. The third-order valence-electron chi connectivity index (χ3n) is 5.57. The molecule has 0 radical (unpaired) electrons. The topological polar surface area (TPSA) is 147 Å². The first kappa shape index (κ1) is 23.4. The Morgan fingerprint density at radius 1 is 1.29 bits per heavy atom. The fourth-order valence-electron chi connectivity index (χ4n) is 3.69. The number of carbonyl (C=O) groups excluding carboxylic acids is 1. The summed E-state index contributed by atoms with van der Waals surface area (Å²) in [7, 11) is 5.05. The van der Waals surface area contributed by atoms with Crippen LogP contribution < -0.4 is 26.1 Å². The van der Waals surface area contributed by atoms with Gasteiger partial charge in [-0.15, -0.1) is 0 Å². The van der Waals surface area contributed by atoms with Crippen molar-refractivity contribution in [1.82, 2.24) is 24.4 Å². The first-order valence-corrected chi connectivity index (χ1v) is 10.8. The number of carbonyl (C=O) groups is 1. The van der Waals surface area contributed by atoms with E-state index in [1.807, 2.05) is 0 Å². The lowest BCUT2D eigenvalue weighted by Crippen LogP contribution is -2.40. The number of nitrogens with two attached hydrogens (primary N) is 1. The molecule has 3 aromatic rings. The average Bonchev–Trinajstić information content (AvgIpc) is 2.82. The maximum Gasteiger partial charge on any atom is 0.262 e. The minimum absolute atomic E-state index is 0.0356. The quantitative estimate of drug-likeness (QED) is 0.506. The number of likely N-dealkylation sites (N-methyl/N-ethyl adjacent to an activating group) is 1. The number of hydrogen-bond acceptors (Lipinski definition) is 10. The van der Waals surface area contributed by atoms with E-state index in [2.05, 4.69) is 32.2 Å². The van der Waals surface area contributed by atoms with E-state index in [1.165, 1.54) is 31.1 Å². The van der Waals surface area contributed by atoms with Crippen LogP contribution in [0.2, 0.25) is 0 Å². The monoisotopic (exact) mass is 469 g/mol. The molecular formula is C22H27N7O5. The Kier molecular flexibility index (Phi) is 6.89. The van der Waals surface area contributed by atoms with Crippen LogP contribution in [0.15, 0.2) is 29.3 Å². The first-order valence-electron chi connectivity index (χ1n) is 10.8. The van der Waals surface area contributed by atoms with Gasteiger partial charge in [0.2, 0.25) is 11.9 Å². The maximum absolute atomic E-state index is 13.0. The summed E-state index contributed by atoms with van der Waals surface area (Å²) in [5.41, 5.74) is 5.57. The maximum atomic E-state index is 13.0. The lowest BCUT2D eigenvalue weighted by molar-refractivity contribution is -0.0284. The molecule has 3 heterocycles. The standard InChI is InChI=1S/C22H27N7O5/c1-28-7-9-33-14(12-28)6-8-34-16-5-4-15-17(18(16)32-3)26-22(29(2)20(15)31)27-19(30)13-10-24-21(23)25-11-13/h4-5,10-11,14H,6-9,12H2,1-3H3,(H2,23,24,25)(H,26,27,30). The normalized spacial score (nSPS) is 16.4. The molecule has 1 aliphatic heterocycles. The van der Waals surface area contributed by atoms with Crippen molar-refractivity contribution in [3.05, 3.63) is 40.4 Å². The molecule has 1 aliphatic rings. The predicted molar refractivity (Wildman–Crippen MR) is 125 cm³/mol. The molecule has 1 aromatic carbocycles. The van der Waals surface area contributed by atoms with E-state index < -0.39 is 5.91 Å². The number of benzene rings is 1. The zero-order chi connectivity index (χ0) is 24.2. The molecule has 2 aromatic heterocycles. The van der Waals surface area contributed by atoms with Gasteiger partial charge in [-0.2, -0.15) is 0 Å². The Hall–Kier alpha value is -3.77. The van der Waals surface area contributed by atoms with E-state index in [-0.39, 0.29) is 34.6 Å². The number of fused-ring (bicyclic) bond motifs is 1. The van der Waals surface area contributed by atoms with Crippen LogP contribution >= 0.6 is 0 Å². The van der Waals surface area contributed by atoms with Gasteiger partial charge >= 0.3 is 0 Å². The lowest BCUT2D eigenvalue weighted by atomic mass is 10.2. The van der Waals surface area contributed by atoms with Crippen LogP contribution in [-0.2, 0) is 11.8 Å². The summed E-state index contributed by atoms with van der Waals surface area (Å²) in [6.45, 7) is 2.87. The molecule has 12 heteroatoms. The molecule has 0 aliphatic carbocycles. The van der Waals surface area contributed by atoms with Crippen LogP contribution in [0.4, 0.5) is 11.9 Å². The van der Waals surface area contributed by atoms with Crippen LogP contribution in [0, 0.1) is 0 Å². The van der Waals surface area contributed by atoms with Gasteiger partial charge in [-0.1, -0.05) is 0 Å². The van der Waals surface area contributed by atoms with Crippen LogP contribution in [0.5, 0.6) is 11.5 Å². The summed E-state index contributed by atoms with van der Waals surface area (Å²) >= 11 is 0. The minimum atomic E-state index is -0.536. The molecule has 1 amide bonds. The molecular weight excluding hydrogens is 442 g/mol. The highest BCUT2D eigenvalue weighted by Crippen LogP contribution is 2.34. The van der Waals surface area contributed by atoms with Gasteiger partial charge in [-0.25, -0.2) is 15.0 Å². The number of nitrogens with zero attached hydrogens (tertiary/aromatic N) is 5. The largest absolute Gasteiger partial charge is 0.491 e. The second-order valence-corrected chi connectivity index (χ2v) is 7.97. The molecule has 3 N–H and O–H groups in total. The van der Waals surface area contributed by atoms with Gasteiger partial charge < -0.3 is 24.8 Å². The van der Waals surface area contributed by atoms with Crippen molar-refractivity contribution in [1.29, 1.82) is 0 Å². The van der Waals surface area contributed by atoms with Crippen LogP contribution in [0.3, 0.4) is 0 Å². The van der Waals surface area contributed by atoms with E-state index >= 15 is 0 Å². The number of anilines is 2. The second-order valence-electron chi connectivity index (χ2n) is 7.97. The summed E-state index contributed by atoms with van der Waals surface area (Å²) in [5.74, 6) is 0.304. The van der Waals surface area contributed by atoms with Crippen molar-refractivity contribution in [2.24, 2.45) is 7.05 Å². The average molecular weight is 470 g/mol. The number of ether oxygens (including phenoxy) is 3. The lowest BCUT2D eigenvalue weighted by Gasteiger charge is -2.30. The molecule has 4 rings (SSSR count). The number of methoxy groups -OCH3 is 1. The van der Waals surface area contributed by atoms with Crippen molar-refractivity contribution in [3.8, 4) is 11.5 Å². The molecule has 1 saturated heterocycles. The zero-order valence-electron chi connectivity index (χ0n) is 19.3. The number of amides is 1. The molecule has 0 bridgehead atoms. The SMILES string of the molecule is COc1c(OCCC2CN(C)CCO2)ccc2c(=O)n(C)c(NC(=O)c3cnc(N)nc3)nc12. The molecule has 1 atom stereocenters. The number of nitrogen functional groups attached to an aromatic ring is 1. The molecule has 0 spiro atoms. The van der Waals surface area contributed by atoms with E-state index in [9.17, 15) is 9.59 Å². The Morgan fingerprint density at radius 2 is 2.06 bits per heavy atom. The van der Waals surface area contributed by atoms with Crippen molar-refractivity contribution in [3.63, 3.8) is 0 Å². The Labute approximate surface area is 195 Å². The summed E-state index contributed by atoms with van der Waals surface area (Å²) in [5, 5.41) is 2.95. The van der Waals surface area contributed by atoms with Crippen molar-refractivity contribution in [2.45, 2.75) is 12.5 Å². The van der Waals surface area contributed by atoms with Gasteiger partial charge in [-0.3, -0.25) is 19.5 Å². The number of rotatable bonds is 7. The Morgan fingerprint density at radius 3 is 2.76 bits per heavy atom. The molecule has 1 unspecified atom stereocenters. The van der Waals surface area contributed by atoms with Crippen LogP contribution in [0.25, 0.3) is 10.9 Å². The highest BCUT2D eigenvalue weighted by molar-refractivity contribution is 6.03. The van der Waals surface area contributed by atoms with E-state index in [4.69, 9.17) is 19.9 Å². The fraction of sp³-hybridized carbons (Fsp3) is 0.409. The Bertz CT molecular complexity index is 1250.